The van der Waals surface area contributed by atoms with Crippen molar-refractivity contribution in [2.75, 3.05) is 6.54 Å². The summed E-state index contributed by atoms with van der Waals surface area (Å²) in [6.07, 6.45) is -3.85. The summed E-state index contributed by atoms with van der Waals surface area (Å²) < 4.78 is 37.0. The van der Waals surface area contributed by atoms with Gasteiger partial charge in [0.25, 0.3) is 0 Å². The molecule has 0 unspecified atom stereocenters. The number of benzene rings is 2. The summed E-state index contributed by atoms with van der Waals surface area (Å²) in [4.78, 5) is 15.4. The second-order valence-corrected chi connectivity index (χ2v) is 6.03. The maximum Gasteiger partial charge on any atom is 0.492 e. The summed E-state index contributed by atoms with van der Waals surface area (Å²) in [6.45, 7) is 0.331. The minimum atomic E-state index is -5.00. The SMILES string of the molecule is N#Cc1ccc(Cc2cccc3c2CCN(OC(=O)C(F)(F)F)C3)cc1. The zero-order valence-corrected chi connectivity index (χ0v) is 13.7. The van der Waals surface area contributed by atoms with E-state index in [1.165, 1.54) is 0 Å². The number of hydrogen-bond acceptors (Lipinski definition) is 4. The van der Waals surface area contributed by atoms with E-state index in [1.807, 2.05) is 30.3 Å². The third kappa shape index (κ3) is 4.03. The normalized spacial score (nSPS) is 14.4. The molecule has 0 saturated heterocycles. The number of nitriles is 1. The number of rotatable bonds is 3. The smallest absolute Gasteiger partial charge is 0.360 e. The minimum absolute atomic E-state index is 0.123. The lowest BCUT2D eigenvalue weighted by molar-refractivity contribution is -0.241. The van der Waals surface area contributed by atoms with Crippen molar-refractivity contribution in [1.29, 1.82) is 5.26 Å². The summed E-state index contributed by atoms with van der Waals surface area (Å²) in [7, 11) is 0. The van der Waals surface area contributed by atoms with Crippen LogP contribution in [0.4, 0.5) is 13.2 Å². The van der Waals surface area contributed by atoms with Crippen LogP contribution < -0.4 is 0 Å². The highest BCUT2D eigenvalue weighted by Crippen LogP contribution is 2.26. The molecule has 1 aliphatic rings. The number of hydrogen-bond donors (Lipinski definition) is 0. The molecule has 0 aliphatic carbocycles. The van der Waals surface area contributed by atoms with Crippen molar-refractivity contribution in [3.8, 4) is 6.07 Å². The summed E-state index contributed by atoms with van der Waals surface area (Å²) in [5, 5.41) is 9.90. The van der Waals surface area contributed by atoms with Gasteiger partial charge in [0.05, 0.1) is 18.2 Å². The van der Waals surface area contributed by atoms with Gasteiger partial charge in [-0.1, -0.05) is 30.3 Å². The van der Waals surface area contributed by atoms with Crippen molar-refractivity contribution in [2.24, 2.45) is 0 Å². The molecule has 4 nitrogen and oxygen atoms in total. The van der Waals surface area contributed by atoms with Gasteiger partial charge in [-0.2, -0.15) is 18.4 Å². The molecule has 1 heterocycles. The fraction of sp³-hybridized carbons (Fsp3) is 0.263. The predicted molar refractivity (Wildman–Crippen MR) is 86.7 cm³/mol. The van der Waals surface area contributed by atoms with Crippen LogP contribution in [0.1, 0.15) is 27.8 Å². The van der Waals surface area contributed by atoms with Crippen molar-refractivity contribution >= 4 is 5.97 Å². The lowest BCUT2D eigenvalue weighted by atomic mass is 9.91. The molecule has 134 valence electrons. The molecule has 0 fully saturated rings. The standard InChI is InChI=1S/C19H15F3N2O2/c20-19(21,22)18(25)26-24-9-8-17-15(2-1-3-16(17)12-24)10-13-4-6-14(11-23)7-5-13/h1-7H,8-10,12H2. The van der Waals surface area contributed by atoms with Gasteiger partial charge < -0.3 is 4.84 Å². The lowest BCUT2D eigenvalue weighted by Crippen LogP contribution is -2.38. The number of carbonyl (C=O) groups is 1. The topological polar surface area (TPSA) is 53.3 Å². The fourth-order valence-electron chi connectivity index (χ4n) is 2.99. The monoisotopic (exact) mass is 360 g/mol. The number of nitrogens with zero attached hydrogens (tertiary/aromatic N) is 2. The van der Waals surface area contributed by atoms with E-state index in [4.69, 9.17) is 5.26 Å². The molecule has 3 rings (SSSR count). The Balaban J connectivity index is 1.74. The zero-order chi connectivity index (χ0) is 18.7. The van der Waals surface area contributed by atoms with Gasteiger partial charge in [0, 0.05) is 6.54 Å². The Morgan fingerprint density at radius 2 is 1.92 bits per heavy atom. The Kier molecular flexibility index (Phi) is 4.96. The summed E-state index contributed by atoms with van der Waals surface area (Å²) in [6, 6.07) is 15.0. The molecule has 0 saturated carbocycles. The number of hydroxylamine groups is 2. The molecule has 0 N–H and O–H groups in total. The van der Waals surface area contributed by atoms with Gasteiger partial charge in [0.2, 0.25) is 0 Å². The Labute approximate surface area is 148 Å². The molecule has 26 heavy (non-hydrogen) atoms. The number of carbonyl (C=O) groups excluding carboxylic acids is 1. The van der Waals surface area contributed by atoms with Crippen LogP contribution in [0, 0.1) is 11.3 Å². The molecule has 2 aromatic rings. The largest absolute Gasteiger partial charge is 0.492 e. The molecule has 2 aromatic carbocycles. The average molecular weight is 360 g/mol. The molecule has 0 amide bonds. The highest BCUT2D eigenvalue weighted by Gasteiger charge is 2.42. The molecule has 0 atom stereocenters. The van der Waals surface area contributed by atoms with Crippen molar-refractivity contribution in [3.05, 3.63) is 70.3 Å². The number of fused-ring (bicyclic) bond motifs is 1. The second-order valence-electron chi connectivity index (χ2n) is 6.03. The van der Waals surface area contributed by atoms with Crippen LogP contribution in [-0.4, -0.2) is 23.8 Å². The lowest BCUT2D eigenvalue weighted by Gasteiger charge is -2.28. The van der Waals surface area contributed by atoms with Crippen molar-refractivity contribution in [2.45, 2.75) is 25.6 Å². The predicted octanol–water partition coefficient (Wildman–Crippen LogP) is 3.53. The van der Waals surface area contributed by atoms with E-state index in [2.05, 4.69) is 10.9 Å². The number of halogens is 3. The van der Waals surface area contributed by atoms with Gasteiger partial charge in [-0.15, -0.1) is 5.06 Å². The van der Waals surface area contributed by atoms with Gasteiger partial charge in [0.15, 0.2) is 0 Å². The Hall–Kier alpha value is -2.85. The molecule has 0 aromatic heterocycles. The first-order valence-corrected chi connectivity index (χ1v) is 7.99. The summed E-state index contributed by atoms with van der Waals surface area (Å²) in [5.41, 5.74) is 4.62. The molecule has 0 bridgehead atoms. The molecule has 0 spiro atoms. The van der Waals surface area contributed by atoms with Crippen molar-refractivity contribution in [3.63, 3.8) is 0 Å². The zero-order valence-electron chi connectivity index (χ0n) is 13.7. The molecular formula is C19H15F3N2O2. The summed E-state index contributed by atoms with van der Waals surface area (Å²) in [5.74, 6) is -2.20. The maximum absolute atomic E-state index is 12.3. The van der Waals surface area contributed by atoms with Crippen LogP contribution in [0.5, 0.6) is 0 Å². The third-order valence-corrected chi connectivity index (χ3v) is 4.25. The van der Waals surface area contributed by atoms with E-state index in [0.29, 0.717) is 18.4 Å². The highest BCUT2D eigenvalue weighted by atomic mass is 19.4. The highest BCUT2D eigenvalue weighted by molar-refractivity contribution is 5.75. The van der Waals surface area contributed by atoms with E-state index in [9.17, 15) is 18.0 Å². The van der Waals surface area contributed by atoms with Gasteiger partial charge in [-0.25, -0.2) is 4.79 Å². The quantitative estimate of drug-likeness (QED) is 0.840. The average Bonchev–Trinajstić information content (AvgIpc) is 2.61. The summed E-state index contributed by atoms with van der Waals surface area (Å²) >= 11 is 0. The first kappa shape index (κ1) is 18.0. The van der Waals surface area contributed by atoms with Gasteiger partial charge >= 0.3 is 12.1 Å². The second kappa shape index (κ2) is 7.18. The fourth-order valence-corrected chi connectivity index (χ4v) is 2.99. The minimum Gasteiger partial charge on any atom is -0.360 e. The van der Waals surface area contributed by atoms with Crippen LogP contribution in [-0.2, 0) is 29.0 Å². The molecule has 1 aliphatic heterocycles. The Morgan fingerprint density at radius 1 is 1.19 bits per heavy atom. The van der Waals surface area contributed by atoms with Gasteiger partial charge in [-0.05, 0) is 47.2 Å². The van der Waals surface area contributed by atoms with Crippen LogP contribution in [0.25, 0.3) is 0 Å². The van der Waals surface area contributed by atoms with E-state index in [-0.39, 0.29) is 13.1 Å². The van der Waals surface area contributed by atoms with E-state index < -0.39 is 12.1 Å². The van der Waals surface area contributed by atoms with Crippen LogP contribution in [0.2, 0.25) is 0 Å². The van der Waals surface area contributed by atoms with E-state index in [1.54, 1.807) is 12.1 Å². The maximum atomic E-state index is 12.3. The first-order chi connectivity index (χ1) is 12.4. The Bertz CT molecular complexity index is 855. The molecular weight excluding hydrogens is 345 g/mol. The van der Waals surface area contributed by atoms with E-state index >= 15 is 0 Å². The van der Waals surface area contributed by atoms with Gasteiger partial charge in [-0.3, -0.25) is 0 Å². The Morgan fingerprint density at radius 3 is 2.58 bits per heavy atom. The van der Waals surface area contributed by atoms with Crippen LogP contribution >= 0.6 is 0 Å². The first-order valence-electron chi connectivity index (χ1n) is 7.99. The molecule has 0 radical (unpaired) electrons. The van der Waals surface area contributed by atoms with Crippen LogP contribution in [0.15, 0.2) is 42.5 Å². The van der Waals surface area contributed by atoms with Gasteiger partial charge in [0.1, 0.15) is 0 Å². The van der Waals surface area contributed by atoms with Crippen molar-refractivity contribution < 1.29 is 22.8 Å². The van der Waals surface area contributed by atoms with E-state index in [0.717, 1.165) is 27.3 Å². The number of alkyl halides is 3. The molecule has 7 heteroatoms. The third-order valence-electron chi connectivity index (χ3n) is 4.25. The van der Waals surface area contributed by atoms with Crippen LogP contribution in [0.3, 0.4) is 0 Å². The van der Waals surface area contributed by atoms with Crippen molar-refractivity contribution in [1.82, 2.24) is 5.06 Å².